The highest BCUT2D eigenvalue weighted by Crippen LogP contribution is 2.34. The number of hydrogen-bond acceptors (Lipinski definition) is 5. The number of rotatable bonds is 7. The van der Waals surface area contributed by atoms with Gasteiger partial charge in [-0.05, 0) is 65.9 Å². The van der Waals surface area contributed by atoms with Crippen LogP contribution in [0.25, 0.3) is 11.1 Å². The van der Waals surface area contributed by atoms with Crippen LogP contribution in [0, 0.1) is 19.7 Å². The standard InChI is InChI=1S/C29H25FN2O4/c1-18-5-3-4-6-24(18)25(17-27(32-35)23-13-14-31-19(2)15-23)21-9-7-20(8-10-21)22-11-12-28(26(30)16-22)36-29(33)34/h3-16,25,35H,17H2,1-2H3,(H,33,34)/b32-27+. The number of pyridine rings is 1. The third-order valence-electron chi connectivity index (χ3n) is 6.09. The smallest absolute Gasteiger partial charge is 0.449 e. The Bertz CT molecular complexity index is 1420. The van der Waals surface area contributed by atoms with Crippen molar-refractivity contribution in [2.24, 2.45) is 5.16 Å². The fourth-order valence-corrected chi connectivity index (χ4v) is 4.29. The molecule has 0 radical (unpaired) electrons. The number of carboxylic acid groups (broad SMARTS) is 1. The van der Waals surface area contributed by atoms with Gasteiger partial charge in [0.25, 0.3) is 0 Å². The first-order valence-corrected chi connectivity index (χ1v) is 11.4. The number of hydrogen-bond donors (Lipinski definition) is 2. The Labute approximate surface area is 208 Å². The summed E-state index contributed by atoms with van der Waals surface area (Å²) in [5, 5.41) is 22.2. The van der Waals surface area contributed by atoms with E-state index in [0.717, 1.165) is 33.5 Å². The Morgan fingerprint density at radius 1 is 1.00 bits per heavy atom. The van der Waals surface area contributed by atoms with E-state index in [4.69, 9.17) is 5.11 Å². The second-order valence-corrected chi connectivity index (χ2v) is 8.48. The molecule has 0 bridgehead atoms. The van der Waals surface area contributed by atoms with Crippen LogP contribution in [0.4, 0.5) is 9.18 Å². The summed E-state index contributed by atoms with van der Waals surface area (Å²) in [7, 11) is 0. The summed E-state index contributed by atoms with van der Waals surface area (Å²) in [5.41, 5.74) is 6.78. The van der Waals surface area contributed by atoms with E-state index < -0.39 is 12.0 Å². The molecule has 7 heteroatoms. The number of nitrogens with zero attached hydrogens (tertiary/aromatic N) is 2. The van der Waals surface area contributed by atoms with Crippen LogP contribution in [0.2, 0.25) is 0 Å². The highest BCUT2D eigenvalue weighted by atomic mass is 19.1. The van der Waals surface area contributed by atoms with Crippen molar-refractivity contribution in [3.05, 3.63) is 119 Å². The summed E-state index contributed by atoms with van der Waals surface area (Å²) in [5.74, 6) is -1.19. The molecule has 0 spiro atoms. The van der Waals surface area contributed by atoms with E-state index in [1.54, 1.807) is 12.3 Å². The molecular weight excluding hydrogens is 459 g/mol. The minimum absolute atomic E-state index is 0.0947. The number of oxime groups is 1. The van der Waals surface area contributed by atoms with Crippen LogP contribution >= 0.6 is 0 Å². The van der Waals surface area contributed by atoms with E-state index in [2.05, 4.69) is 20.9 Å². The third-order valence-corrected chi connectivity index (χ3v) is 6.09. The summed E-state index contributed by atoms with van der Waals surface area (Å²) in [6.07, 6.45) is 0.584. The fourth-order valence-electron chi connectivity index (χ4n) is 4.29. The van der Waals surface area contributed by atoms with E-state index in [9.17, 15) is 14.4 Å². The maximum Gasteiger partial charge on any atom is 0.511 e. The Hall–Kier alpha value is -4.52. The average Bonchev–Trinajstić information content (AvgIpc) is 2.87. The zero-order valence-electron chi connectivity index (χ0n) is 19.9. The van der Waals surface area contributed by atoms with Gasteiger partial charge in [0.1, 0.15) is 0 Å². The van der Waals surface area contributed by atoms with Gasteiger partial charge in [0.15, 0.2) is 11.6 Å². The number of aryl methyl sites for hydroxylation is 2. The molecule has 1 heterocycles. The van der Waals surface area contributed by atoms with E-state index in [1.165, 1.54) is 12.1 Å². The van der Waals surface area contributed by atoms with Crippen LogP contribution in [0.3, 0.4) is 0 Å². The second kappa shape index (κ2) is 10.8. The van der Waals surface area contributed by atoms with Gasteiger partial charge in [-0.1, -0.05) is 59.8 Å². The summed E-state index contributed by atoms with van der Waals surface area (Å²) in [6.45, 7) is 3.94. The summed E-state index contributed by atoms with van der Waals surface area (Å²) < 4.78 is 18.8. The topological polar surface area (TPSA) is 92.0 Å². The molecule has 0 amide bonds. The van der Waals surface area contributed by atoms with Crippen LogP contribution in [0.5, 0.6) is 5.75 Å². The van der Waals surface area contributed by atoms with Crippen molar-refractivity contribution in [2.75, 3.05) is 0 Å². The van der Waals surface area contributed by atoms with Crippen LogP contribution in [0.1, 0.15) is 40.3 Å². The van der Waals surface area contributed by atoms with Gasteiger partial charge >= 0.3 is 6.16 Å². The molecule has 4 rings (SSSR count). The lowest BCUT2D eigenvalue weighted by atomic mass is 9.83. The van der Waals surface area contributed by atoms with Gasteiger partial charge in [-0.2, -0.15) is 0 Å². The summed E-state index contributed by atoms with van der Waals surface area (Å²) in [4.78, 5) is 14.9. The predicted octanol–water partition coefficient (Wildman–Crippen LogP) is 6.96. The molecule has 0 aliphatic rings. The van der Waals surface area contributed by atoms with Crippen molar-refractivity contribution in [1.29, 1.82) is 0 Å². The van der Waals surface area contributed by atoms with Crippen molar-refractivity contribution in [1.82, 2.24) is 4.98 Å². The number of ether oxygens (including phenoxy) is 1. The number of carbonyl (C=O) groups is 1. The molecule has 0 aliphatic heterocycles. The summed E-state index contributed by atoms with van der Waals surface area (Å²) in [6, 6.07) is 23.7. The first kappa shape index (κ1) is 24.6. The van der Waals surface area contributed by atoms with Crippen molar-refractivity contribution < 1.29 is 24.2 Å². The fraction of sp³-hybridized carbons (Fsp3) is 0.138. The molecular formula is C29H25FN2O4. The van der Waals surface area contributed by atoms with Gasteiger partial charge in [-0.3, -0.25) is 4.98 Å². The maximum absolute atomic E-state index is 14.3. The Balaban J connectivity index is 1.68. The molecule has 4 aromatic rings. The van der Waals surface area contributed by atoms with Crippen LogP contribution < -0.4 is 4.74 Å². The lowest BCUT2D eigenvalue weighted by Gasteiger charge is -2.21. The molecule has 6 nitrogen and oxygen atoms in total. The molecule has 36 heavy (non-hydrogen) atoms. The Morgan fingerprint density at radius 2 is 1.72 bits per heavy atom. The minimum Gasteiger partial charge on any atom is -0.449 e. The molecule has 0 saturated carbocycles. The quantitative estimate of drug-likeness (QED) is 0.0972. The van der Waals surface area contributed by atoms with E-state index in [1.807, 2.05) is 68.4 Å². The van der Waals surface area contributed by atoms with Crippen LogP contribution in [0.15, 0.2) is 90.2 Å². The SMILES string of the molecule is Cc1cc(/C(CC(c2ccc(-c3ccc(OC(=O)O)c(F)c3)cc2)c2ccccc2C)=N/O)ccn1. The molecule has 182 valence electrons. The molecule has 1 atom stereocenters. The lowest BCUT2D eigenvalue weighted by molar-refractivity contribution is 0.142. The van der Waals surface area contributed by atoms with Crippen molar-refractivity contribution in [3.8, 4) is 16.9 Å². The zero-order valence-corrected chi connectivity index (χ0v) is 19.9. The van der Waals surface area contributed by atoms with Gasteiger partial charge in [0.05, 0.1) is 5.71 Å². The van der Waals surface area contributed by atoms with Gasteiger partial charge in [0.2, 0.25) is 0 Å². The highest BCUT2D eigenvalue weighted by molar-refractivity contribution is 6.01. The predicted molar refractivity (Wildman–Crippen MR) is 135 cm³/mol. The van der Waals surface area contributed by atoms with Gasteiger partial charge in [-0.15, -0.1) is 0 Å². The van der Waals surface area contributed by atoms with Crippen LogP contribution in [-0.2, 0) is 0 Å². The Kier molecular flexibility index (Phi) is 7.39. The van der Waals surface area contributed by atoms with Gasteiger partial charge in [0, 0.05) is 29.8 Å². The van der Waals surface area contributed by atoms with Gasteiger partial charge < -0.3 is 15.1 Å². The van der Waals surface area contributed by atoms with Crippen molar-refractivity contribution >= 4 is 11.9 Å². The molecule has 1 unspecified atom stereocenters. The largest absolute Gasteiger partial charge is 0.511 e. The lowest BCUT2D eigenvalue weighted by Crippen LogP contribution is -2.12. The number of aromatic nitrogens is 1. The monoisotopic (exact) mass is 484 g/mol. The van der Waals surface area contributed by atoms with E-state index in [0.29, 0.717) is 17.7 Å². The molecule has 0 saturated heterocycles. The number of benzene rings is 3. The normalized spacial score (nSPS) is 12.2. The van der Waals surface area contributed by atoms with Crippen LogP contribution in [-0.4, -0.2) is 27.2 Å². The third kappa shape index (κ3) is 5.58. The maximum atomic E-state index is 14.3. The van der Waals surface area contributed by atoms with Crippen molar-refractivity contribution in [2.45, 2.75) is 26.2 Å². The molecule has 0 aliphatic carbocycles. The summed E-state index contributed by atoms with van der Waals surface area (Å²) >= 11 is 0. The molecule has 2 N–H and O–H groups in total. The zero-order chi connectivity index (χ0) is 25.7. The second-order valence-electron chi connectivity index (χ2n) is 8.48. The Morgan fingerprint density at radius 3 is 2.36 bits per heavy atom. The van der Waals surface area contributed by atoms with E-state index >= 15 is 0 Å². The molecule has 0 fully saturated rings. The first-order valence-electron chi connectivity index (χ1n) is 11.4. The number of halogens is 1. The molecule has 1 aromatic heterocycles. The average molecular weight is 485 g/mol. The van der Waals surface area contributed by atoms with Crippen molar-refractivity contribution in [3.63, 3.8) is 0 Å². The molecule has 3 aromatic carbocycles. The minimum atomic E-state index is -1.57. The first-order chi connectivity index (χ1) is 17.4. The highest BCUT2D eigenvalue weighted by Gasteiger charge is 2.21. The van der Waals surface area contributed by atoms with Gasteiger partial charge in [-0.25, -0.2) is 9.18 Å². The van der Waals surface area contributed by atoms with E-state index in [-0.39, 0.29) is 11.7 Å².